The molecule has 0 bridgehead atoms. The fourth-order valence-electron chi connectivity index (χ4n) is 4.00. The summed E-state index contributed by atoms with van der Waals surface area (Å²) in [6, 6.07) is 28.4. The van der Waals surface area contributed by atoms with Gasteiger partial charge in [-0.2, -0.15) is 0 Å². The molecule has 3 aromatic rings. The van der Waals surface area contributed by atoms with Gasteiger partial charge in [-0.05, 0) is 41.7 Å². The van der Waals surface area contributed by atoms with E-state index in [0.717, 1.165) is 29.5 Å². The van der Waals surface area contributed by atoms with Crippen molar-refractivity contribution in [3.05, 3.63) is 107 Å². The van der Waals surface area contributed by atoms with E-state index < -0.39 is 0 Å². The highest BCUT2D eigenvalue weighted by Crippen LogP contribution is 2.33. The van der Waals surface area contributed by atoms with Crippen LogP contribution < -0.4 is 5.32 Å². The lowest BCUT2D eigenvalue weighted by atomic mass is 9.88. The molecule has 0 atom stereocenters. The third-order valence-electron chi connectivity index (χ3n) is 5.89. The van der Waals surface area contributed by atoms with E-state index in [0.29, 0.717) is 24.6 Å². The average molecular weight is 413 g/mol. The molecule has 0 saturated heterocycles. The molecule has 3 aromatic carbocycles. The maximum absolute atomic E-state index is 13.5. The predicted molar refractivity (Wildman–Crippen MR) is 123 cm³/mol. The minimum Gasteiger partial charge on any atom is -0.355 e. The minimum atomic E-state index is -0.102. The third kappa shape index (κ3) is 5.21. The van der Waals surface area contributed by atoms with Crippen molar-refractivity contribution < 1.29 is 9.59 Å². The molecule has 4 rings (SSSR count). The number of hydrogen-bond donors (Lipinski definition) is 1. The summed E-state index contributed by atoms with van der Waals surface area (Å²) < 4.78 is 0. The molecule has 0 heterocycles. The fraction of sp³-hybridized carbons (Fsp3) is 0.259. The van der Waals surface area contributed by atoms with E-state index >= 15 is 0 Å². The van der Waals surface area contributed by atoms with Crippen molar-refractivity contribution in [2.45, 2.75) is 37.8 Å². The molecule has 158 valence electrons. The number of hydrogen-bond acceptors (Lipinski definition) is 2. The quantitative estimate of drug-likeness (QED) is 0.580. The highest BCUT2D eigenvalue weighted by Gasteiger charge is 2.33. The lowest BCUT2D eigenvalue weighted by Crippen LogP contribution is -2.33. The maximum Gasteiger partial charge on any atom is 0.251 e. The predicted octanol–water partition coefficient (Wildman–Crippen LogP) is 4.76. The Morgan fingerprint density at radius 3 is 1.90 bits per heavy atom. The molecule has 0 aromatic heterocycles. The molecule has 1 N–H and O–H groups in total. The van der Waals surface area contributed by atoms with Gasteiger partial charge in [0.1, 0.15) is 0 Å². The topological polar surface area (TPSA) is 49.4 Å². The van der Waals surface area contributed by atoms with Gasteiger partial charge in [0.2, 0.25) is 5.91 Å². The molecule has 1 aliphatic carbocycles. The molecular formula is C27H28N2O2. The third-order valence-corrected chi connectivity index (χ3v) is 5.89. The van der Waals surface area contributed by atoms with Crippen LogP contribution >= 0.6 is 0 Å². The molecule has 0 spiro atoms. The largest absolute Gasteiger partial charge is 0.355 e. The molecule has 2 amide bonds. The molecule has 0 aliphatic heterocycles. The molecule has 4 heteroatoms. The van der Waals surface area contributed by atoms with Crippen molar-refractivity contribution in [1.82, 2.24) is 10.2 Å². The lowest BCUT2D eigenvalue weighted by molar-refractivity contribution is -0.132. The summed E-state index contributed by atoms with van der Waals surface area (Å²) in [4.78, 5) is 27.3. The number of benzene rings is 3. The van der Waals surface area contributed by atoms with Crippen LogP contribution in [0.5, 0.6) is 0 Å². The smallest absolute Gasteiger partial charge is 0.251 e. The number of carbonyl (C=O) groups excluding carboxylic acids is 2. The number of carbonyl (C=O) groups is 2. The number of amides is 2. The Labute approximate surface area is 183 Å². The Morgan fingerprint density at radius 1 is 0.871 bits per heavy atom. The summed E-state index contributed by atoms with van der Waals surface area (Å²) >= 11 is 0. The average Bonchev–Trinajstić information content (AvgIpc) is 3.67. The van der Waals surface area contributed by atoms with E-state index in [1.54, 1.807) is 7.05 Å². The van der Waals surface area contributed by atoms with Crippen LogP contribution in [-0.2, 0) is 11.3 Å². The van der Waals surface area contributed by atoms with Crippen molar-refractivity contribution in [3.63, 3.8) is 0 Å². The van der Waals surface area contributed by atoms with Crippen molar-refractivity contribution in [3.8, 4) is 0 Å². The highest BCUT2D eigenvalue weighted by atomic mass is 16.2. The zero-order chi connectivity index (χ0) is 21.6. The second-order valence-corrected chi connectivity index (χ2v) is 8.11. The summed E-state index contributed by atoms with van der Waals surface area (Å²) in [7, 11) is 1.62. The van der Waals surface area contributed by atoms with Crippen molar-refractivity contribution in [2.24, 2.45) is 0 Å². The molecule has 4 nitrogen and oxygen atoms in total. The van der Waals surface area contributed by atoms with Gasteiger partial charge in [0.05, 0.1) is 0 Å². The standard InChI is InChI=1S/C27H28N2O2/c1-28-27(31)23-14-12-20(13-15-23)19-29(24-16-17-24)26(30)18-25(21-8-4-2-5-9-21)22-10-6-3-7-11-22/h2-15,24-25H,16-19H2,1H3,(H,28,31). The first-order valence-corrected chi connectivity index (χ1v) is 10.9. The first-order chi connectivity index (χ1) is 15.2. The van der Waals surface area contributed by atoms with Crippen LogP contribution in [-0.4, -0.2) is 29.8 Å². The number of rotatable bonds is 8. The lowest BCUT2D eigenvalue weighted by Gasteiger charge is -2.26. The van der Waals surface area contributed by atoms with Crippen LogP contribution in [0.3, 0.4) is 0 Å². The van der Waals surface area contributed by atoms with Crippen molar-refractivity contribution in [2.75, 3.05) is 7.05 Å². The molecule has 1 aliphatic rings. The van der Waals surface area contributed by atoms with E-state index in [1.807, 2.05) is 65.6 Å². The summed E-state index contributed by atoms with van der Waals surface area (Å²) in [5.41, 5.74) is 3.99. The van der Waals surface area contributed by atoms with Crippen LogP contribution in [0.1, 0.15) is 52.2 Å². The molecule has 1 saturated carbocycles. The zero-order valence-corrected chi connectivity index (χ0v) is 17.8. The SMILES string of the molecule is CNC(=O)c1ccc(CN(C(=O)CC(c2ccccc2)c2ccccc2)C2CC2)cc1. The monoisotopic (exact) mass is 412 g/mol. The zero-order valence-electron chi connectivity index (χ0n) is 17.8. The van der Waals surface area contributed by atoms with Gasteiger partial charge in [0.15, 0.2) is 0 Å². The first-order valence-electron chi connectivity index (χ1n) is 10.9. The molecule has 0 radical (unpaired) electrons. The number of nitrogens with one attached hydrogen (secondary N) is 1. The van der Waals surface area contributed by atoms with Crippen molar-refractivity contribution in [1.29, 1.82) is 0 Å². The second kappa shape index (κ2) is 9.61. The Kier molecular flexibility index (Phi) is 6.46. The molecule has 0 unspecified atom stereocenters. The Balaban J connectivity index is 1.53. The molecule has 31 heavy (non-hydrogen) atoms. The highest BCUT2D eigenvalue weighted by molar-refractivity contribution is 5.93. The fourth-order valence-corrected chi connectivity index (χ4v) is 4.00. The van der Waals surface area contributed by atoms with Crippen LogP contribution in [0.2, 0.25) is 0 Å². The van der Waals surface area contributed by atoms with E-state index in [2.05, 4.69) is 29.6 Å². The normalized spacial score (nSPS) is 13.1. The summed E-state index contributed by atoms with van der Waals surface area (Å²) in [5.74, 6) is 0.109. The van der Waals surface area contributed by atoms with Gasteiger partial charge >= 0.3 is 0 Å². The Bertz CT molecular complexity index is 973. The van der Waals surface area contributed by atoms with Crippen molar-refractivity contribution >= 4 is 11.8 Å². The van der Waals surface area contributed by atoms with Gasteiger partial charge in [0.25, 0.3) is 5.91 Å². The minimum absolute atomic E-state index is 0.0341. The van der Waals surface area contributed by atoms with Gasteiger partial charge in [-0.25, -0.2) is 0 Å². The molecular weight excluding hydrogens is 384 g/mol. The summed E-state index contributed by atoms with van der Waals surface area (Å²) in [6.07, 6.45) is 2.56. The summed E-state index contributed by atoms with van der Waals surface area (Å²) in [5, 5.41) is 2.64. The van der Waals surface area contributed by atoms with Gasteiger partial charge < -0.3 is 10.2 Å². The summed E-state index contributed by atoms with van der Waals surface area (Å²) in [6.45, 7) is 0.577. The van der Waals surface area contributed by atoms with E-state index in [9.17, 15) is 9.59 Å². The maximum atomic E-state index is 13.5. The van der Waals surface area contributed by atoms with Gasteiger partial charge in [0, 0.05) is 37.5 Å². The van der Waals surface area contributed by atoms with E-state index in [-0.39, 0.29) is 17.7 Å². The first kappa shape index (κ1) is 20.9. The van der Waals surface area contributed by atoms with Crippen LogP contribution in [0.25, 0.3) is 0 Å². The Morgan fingerprint density at radius 2 is 1.42 bits per heavy atom. The van der Waals surface area contributed by atoms with Crippen LogP contribution in [0, 0.1) is 0 Å². The van der Waals surface area contributed by atoms with E-state index in [4.69, 9.17) is 0 Å². The van der Waals surface area contributed by atoms with Crippen LogP contribution in [0.4, 0.5) is 0 Å². The molecule has 1 fully saturated rings. The van der Waals surface area contributed by atoms with Gasteiger partial charge in [-0.3, -0.25) is 9.59 Å². The Hall–Kier alpha value is -3.40. The van der Waals surface area contributed by atoms with Gasteiger partial charge in [-0.15, -0.1) is 0 Å². The number of nitrogens with zero attached hydrogens (tertiary/aromatic N) is 1. The van der Waals surface area contributed by atoms with Gasteiger partial charge in [-0.1, -0.05) is 72.8 Å². The van der Waals surface area contributed by atoms with Crippen LogP contribution in [0.15, 0.2) is 84.9 Å². The van der Waals surface area contributed by atoms with E-state index in [1.165, 1.54) is 0 Å². The second-order valence-electron chi connectivity index (χ2n) is 8.11.